The number of hydrogen-bond acceptors (Lipinski definition) is 3. The fourth-order valence-corrected chi connectivity index (χ4v) is 1.12. The highest BCUT2D eigenvalue weighted by molar-refractivity contribution is 5.94. The van der Waals surface area contributed by atoms with E-state index < -0.39 is 11.9 Å². The van der Waals surface area contributed by atoms with E-state index in [1.807, 2.05) is 13.8 Å². The van der Waals surface area contributed by atoms with Crippen LogP contribution in [0.5, 0.6) is 0 Å². The number of carboxylic acid groups (broad SMARTS) is 2. The van der Waals surface area contributed by atoms with E-state index in [-0.39, 0.29) is 12.0 Å². The molecule has 0 saturated carbocycles. The molecule has 0 heterocycles. The number of allylic oxidation sites excluding steroid dienone is 1. The summed E-state index contributed by atoms with van der Waals surface area (Å²) in [4.78, 5) is 21.0. The standard InChI is InChI=1S/C12H18O5/c1-9(2)8-17-6-4-3-5-10(12(15)16)7-11(13)14/h7-8H,3-6H2,1-2H3,(H,13,14)(H,15,16)/b10-7-. The van der Waals surface area contributed by atoms with E-state index in [0.29, 0.717) is 19.4 Å². The smallest absolute Gasteiger partial charge is 0.331 e. The summed E-state index contributed by atoms with van der Waals surface area (Å²) in [5.74, 6) is -2.42. The maximum atomic E-state index is 10.7. The molecular formula is C12H18O5. The summed E-state index contributed by atoms with van der Waals surface area (Å²) in [5.41, 5.74) is 0.974. The summed E-state index contributed by atoms with van der Waals surface area (Å²) < 4.78 is 5.17. The summed E-state index contributed by atoms with van der Waals surface area (Å²) in [6.45, 7) is 4.33. The molecular weight excluding hydrogens is 224 g/mol. The van der Waals surface area contributed by atoms with E-state index in [1.165, 1.54) is 0 Å². The van der Waals surface area contributed by atoms with E-state index >= 15 is 0 Å². The molecule has 0 atom stereocenters. The molecule has 0 rings (SSSR count). The van der Waals surface area contributed by atoms with Crippen LogP contribution in [0.4, 0.5) is 0 Å². The van der Waals surface area contributed by atoms with Gasteiger partial charge in [0, 0.05) is 11.6 Å². The van der Waals surface area contributed by atoms with Crippen molar-refractivity contribution in [1.82, 2.24) is 0 Å². The second-order valence-electron chi connectivity index (χ2n) is 3.84. The molecule has 0 aromatic heterocycles. The third kappa shape index (κ3) is 9.17. The van der Waals surface area contributed by atoms with Crippen molar-refractivity contribution in [3.63, 3.8) is 0 Å². The Kier molecular flexibility index (Phi) is 7.50. The van der Waals surface area contributed by atoms with Gasteiger partial charge in [0.15, 0.2) is 0 Å². The zero-order chi connectivity index (χ0) is 13.3. The molecule has 0 radical (unpaired) electrons. The SMILES string of the molecule is CC(C)=COCCCC/C(=C/C(=O)O)C(=O)O. The maximum absolute atomic E-state index is 10.7. The highest BCUT2D eigenvalue weighted by Gasteiger charge is 2.08. The van der Waals surface area contributed by atoms with Crippen molar-refractivity contribution in [1.29, 1.82) is 0 Å². The molecule has 0 fully saturated rings. The van der Waals surface area contributed by atoms with Crippen LogP contribution in [-0.4, -0.2) is 28.8 Å². The van der Waals surface area contributed by atoms with Crippen molar-refractivity contribution >= 4 is 11.9 Å². The van der Waals surface area contributed by atoms with Gasteiger partial charge in [-0.15, -0.1) is 0 Å². The first-order chi connectivity index (χ1) is 7.93. The lowest BCUT2D eigenvalue weighted by molar-refractivity contribution is -0.135. The molecule has 5 heteroatoms. The lowest BCUT2D eigenvalue weighted by atomic mass is 10.1. The van der Waals surface area contributed by atoms with Gasteiger partial charge in [-0.05, 0) is 38.7 Å². The number of rotatable bonds is 8. The first-order valence-electron chi connectivity index (χ1n) is 5.35. The predicted molar refractivity (Wildman–Crippen MR) is 62.6 cm³/mol. The van der Waals surface area contributed by atoms with Crippen LogP contribution in [0.3, 0.4) is 0 Å². The molecule has 0 spiro atoms. The molecule has 0 aliphatic rings. The minimum atomic E-state index is -1.23. The third-order valence-corrected chi connectivity index (χ3v) is 1.85. The molecule has 96 valence electrons. The van der Waals surface area contributed by atoms with Gasteiger partial charge in [-0.3, -0.25) is 0 Å². The van der Waals surface area contributed by atoms with E-state index in [4.69, 9.17) is 14.9 Å². The second kappa shape index (κ2) is 8.38. The Morgan fingerprint density at radius 2 is 1.82 bits per heavy atom. The molecule has 0 unspecified atom stereocenters. The van der Waals surface area contributed by atoms with E-state index in [9.17, 15) is 9.59 Å². The number of carbonyl (C=O) groups is 2. The van der Waals surface area contributed by atoms with Gasteiger partial charge >= 0.3 is 11.9 Å². The Balaban J connectivity index is 3.89. The predicted octanol–water partition coefficient (Wildman–Crippen LogP) is 2.19. The Hall–Kier alpha value is -1.78. The van der Waals surface area contributed by atoms with Gasteiger partial charge in [-0.25, -0.2) is 9.59 Å². The summed E-state index contributed by atoms with van der Waals surface area (Å²) >= 11 is 0. The Morgan fingerprint density at radius 1 is 1.18 bits per heavy atom. The zero-order valence-corrected chi connectivity index (χ0v) is 10.1. The largest absolute Gasteiger partial charge is 0.501 e. The van der Waals surface area contributed by atoms with Gasteiger partial charge < -0.3 is 14.9 Å². The number of carboxylic acids is 2. The molecule has 5 nitrogen and oxygen atoms in total. The topological polar surface area (TPSA) is 83.8 Å². The first-order valence-corrected chi connectivity index (χ1v) is 5.35. The number of hydrogen-bond donors (Lipinski definition) is 2. The quantitative estimate of drug-likeness (QED) is 0.387. The van der Waals surface area contributed by atoms with Crippen molar-refractivity contribution in [2.24, 2.45) is 0 Å². The molecule has 0 saturated heterocycles. The van der Waals surface area contributed by atoms with E-state index in [2.05, 4.69) is 0 Å². The molecule has 0 aliphatic heterocycles. The van der Waals surface area contributed by atoms with Crippen molar-refractivity contribution in [2.45, 2.75) is 33.1 Å². The van der Waals surface area contributed by atoms with Crippen LogP contribution in [0.15, 0.2) is 23.5 Å². The van der Waals surface area contributed by atoms with Gasteiger partial charge in [0.05, 0.1) is 12.9 Å². The van der Waals surface area contributed by atoms with Gasteiger partial charge in [0.25, 0.3) is 0 Å². The van der Waals surface area contributed by atoms with Crippen molar-refractivity contribution < 1.29 is 24.5 Å². The lowest BCUT2D eigenvalue weighted by Gasteiger charge is -2.03. The summed E-state index contributed by atoms with van der Waals surface area (Å²) in [6.07, 6.45) is 3.89. The van der Waals surface area contributed by atoms with Gasteiger partial charge in [0.2, 0.25) is 0 Å². The summed E-state index contributed by atoms with van der Waals surface area (Å²) in [6, 6.07) is 0. The Bertz CT molecular complexity index is 324. The Morgan fingerprint density at radius 3 is 2.29 bits per heavy atom. The van der Waals surface area contributed by atoms with Crippen LogP contribution >= 0.6 is 0 Å². The molecule has 0 amide bonds. The molecule has 0 bridgehead atoms. The van der Waals surface area contributed by atoms with Crippen LogP contribution in [0.25, 0.3) is 0 Å². The molecule has 2 N–H and O–H groups in total. The average Bonchev–Trinajstić information content (AvgIpc) is 2.20. The minimum Gasteiger partial charge on any atom is -0.501 e. The van der Waals surface area contributed by atoms with Crippen molar-refractivity contribution in [3.05, 3.63) is 23.5 Å². The highest BCUT2D eigenvalue weighted by atomic mass is 16.5. The zero-order valence-electron chi connectivity index (χ0n) is 10.1. The van der Waals surface area contributed by atoms with Crippen LogP contribution in [-0.2, 0) is 14.3 Å². The van der Waals surface area contributed by atoms with Gasteiger partial charge in [-0.2, -0.15) is 0 Å². The van der Waals surface area contributed by atoms with E-state index in [0.717, 1.165) is 11.6 Å². The van der Waals surface area contributed by atoms with Crippen LogP contribution < -0.4 is 0 Å². The van der Waals surface area contributed by atoms with E-state index in [1.54, 1.807) is 6.26 Å². The van der Waals surface area contributed by atoms with Crippen LogP contribution in [0.1, 0.15) is 33.1 Å². The molecule has 0 aromatic carbocycles. The molecule has 0 aliphatic carbocycles. The lowest BCUT2D eigenvalue weighted by Crippen LogP contribution is -2.04. The number of aliphatic carboxylic acids is 2. The molecule has 0 aromatic rings. The minimum absolute atomic E-state index is 0.0836. The van der Waals surface area contributed by atoms with Crippen molar-refractivity contribution in [2.75, 3.05) is 6.61 Å². The summed E-state index contributed by atoms with van der Waals surface area (Å²) in [5, 5.41) is 17.2. The van der Waals surface area contributed by atoms with Gasteiger partial charge in [-0.1, -0.05) is 0 Å². The number of unbranched alkanes of at least 4 members (excludes halogenated alkanes) is 1. The van der Waals surface area contributed by atoms with Crippen LogP contribution in [0.2, 0.25) is 0 Å². The third-order valence-electron chi connectivity index (χ3n) is 1.85. The number of ether oxygens (including phenoxy) is 1. The second-order valence-corrected chi connectivity index (χ2v) is 3.84. The first kappa shape index (κ1) is 15.2. The Labute approximate surface area is 100 Å². The van der Waals surface area contributed by atoms with Crippen LogP contribution in [0, 0.1) is 0 Å². The highest BCUT2D eigenvalue weighted by Crippen LogP contribution is 2.08. The molecule has 17 heavy (non-hydrogen) atoms. The normalized spacial score (nSPS) is 10.8. The summed E-state index contributed by atoms with van der Waals surface area (Å²) in [7, 11) is 0. The maximum Gasteiger partial charge on any atom is 0.331 e. The van der Waals surface area contributed by atoms with Gasteiger partial charge in [0.1, 0.15) is 0 Å². The van der Waals surface area contributed by atoms with Crippen molar-refractivity contribution in [3.8, 4) is 0 Å². The fourth-order valence-electron chi connectivity index (χ4n) is 1.12. The average molecular weight is 242 g/mol. The monoisotopic (exact) mass is 242 g/mol. The fraction of sp³-hybridized carbons (Fsp3) is 0.500.